The molecule has 1 saturated heterocycles. The highest BCUT2D eigenvalue weighted by molar-refractivity contribution is 6.06. The molecule has 0 saturated carbocycles. The van der Waals surface area contributed by atoms with E-state index in [9.17, 15) is 14.3 Å². The Morgan fingerprint density at radius 3 is 3.00 bits per heavy atom. The van der Waals surface area contributed by atoms with Gasteiger partial charge in [-0.1, -0.05) is 6.07 Å². The Morgan fingerprint density at radius 1 is 1.25 bits per heavy atom. The van der Waals surface area contributed by atoms with Gasteiger partial charge in [0.15, 0.2) is 0 Å². The molecule has 36 heavy (non-hydrogen) atoms. The first-order valence-electron chi connectivity index (χ1n) is 11.8. The van der Waals surface area contributed by atoms with Crippen molar-refractivity contribution in [2.24, 2.45) is 0 Å². The summed E-state index contributed by atoms with van der Waals surface area (Å²) in [4.78, 5) is 23.8. The summed E-state index contributed by atoms with van der Waals surface area (Å²) in [6.07, 6.45) is 4.24. The minimum atomic E-state index is -0.557. The van der Waals surface area contributed by atoms with Crippen molar-refractivity contribution < 1.29 is 19.0 Å². The van der Waals surface area contributed by atoms with Crippen molar-refractivity contribution in [1.82, 2.24) is 19.7 Å². The smallest absolute Gasteiger partial charge is 0.254 e. The Kier molecular flexibility index (Phi) is 5.54. The molecule has 6 rings (SSSR count). The van der Waals surface area contributed by atoms with E-state index in [0.717, 1.165) is 22.5 Å². The molecule has 0 radical (unpaired) electrons. The first-order chi connectivity index (χ1) is 17.5. The van der Waals surface area contributed by atoms with Crippen LogP contribution in [-0.4, -0.2) is 57.3 Å². The number of carbonyl (C=O) groups is 1. The Labute approximate surface area is 206 Å². The molecule has 4 aromatic rings. The van der Waals surface area contributed by atoms with E-state index in [4.69, 9.17) is 4.74 Å². The van der Waals surface area contributed by atoms with Gasteiger partial charge in [-0.2, -0.15) is 0 Å². The molecule has 1 amide bonds. The number of amides is 1. The van der Waals surface area contributed by atoms with Crippen LogP contribution in [-0.2, 0) is 11.3 Å². The van der Waals surface area contributed by atoms with E-state index in [2.05, 4.69) is 25.5 Å². The lowest BCUT2D eigenvalue weighted by Crippen LogP contribution is -2.47. The fourth-order valence-corrected chi connectivity index (χ4v) is 4.87. The molecule has 2 aliphatic heterocycles. The highest BCUT2D eigenvalue weighted by Gasteiger charge is 2.28. The Morgan fingerprint density at radius 2 is 2.14 bits per heavy atom. The number of aromatic nitrogens is 3. The molecule has 2 atom stereocenters. The molecule has 184 valence electrons. The summed E-state index contributed by atoms with van der Waals surface area (Å²) in [6, 6.07) is 10.4. The van der Waals surface area contributed by atoms with Gasteiger partial charge in [0.2, 0.25) is 0 Å². The van der Waals surface area contributed by atoms with E-state index >= 15 is 0 Å². The fraction of sp³-hybridized carbons (Fsp3) is 0.269. The van der Waals surface area contributed by atoms with Crippen molar-refractivity contribution in [3.8, 4) is 11.3 Å². The zero-order valence-electron chi connectivity index (χ0n) is 19.6. The second kappa shape index (κ2) is 8.89. The van der Waals surface area contributed by atoms with Crippen molar-refractivity contribution in [3.63, 3.8) is 0 Å². The predicted octanol–water partition coefficient (Wildman–Crippen LogP) is 3.11. The summed E-state index contributed by atoms with van der Waals surface area (Å²) in [5.74, 6) is 0.0836. The second-order valence-corrected chi connectivity index (χ2v) is 9.03. The van der Waals surface area contributed by atoms with E-state index in [-0.39, 0.29) is 17.8 Å². The average molecular weight is 489 g/mol. The lowest BCUT2D eigenvalue weighted by atomic mass is 9.99. The molecular formula is C26H25FN6O3. The Bertz CT molecular complexity index is 1470. The first-order valence-corrected chi connectivity index (χ1v) is 11.8. The van der Waals surface area contributed by atoms with Gasteiger partial charge in [0, 0.05) is 55.4 Å². The van der Waals surface area contributed by atoms with Crippen LogP contribution in [0.2, 0.25) is 0 Å². The number of halogens is 1. The predicted molar refractivity (Wildman–Crippen MR) is 133 cm³/mol. The van der Waals surface area contributed by atoms with Crippen molar-refractivity contribution in [3.05, 3.63) is 71.9 Å². The van der Waals surface area contributed by atoms with Crippen LogP contribution < -0.4 is 15.5 Å². The van der Waals surface area contributed by atoms with Crippen molar-refractivity contribution in [2.45, 2.75) is 25.7 Å². The number of anilines is 3. The molecule has 0 aliphatic carbocycles. The molecule has 0 spiro atoms. The normalized spacial score (nSPS) is 18.2. The maximum Gasteiger partial charge on any atom is 0.254 e. The van der Waals surface area contributed by atoms with E-state index in [0.29, 0.717) is 49.0 Å². The van der Waals surface area contributed by atoms with Gasteiger partial charge in [-0.15, -0.1) is 0 Å². The van der Waals surface area contributed by atoms with Crippen LogP contribution in [0.3, 0.4) is 0 Å². The topological polar surface area (TPSA) is 104 Å². The molecule has 1 aromatic carbocycles. The molecule has 9 nitrogen and oxygen atoms in total. The number of morpholine rings is 1. The number of hydrogen-bond donors (Lipinski definition) is 3. The molecule has 3 N–H and O–H groups in total. The summed E-state index contributed by atoms with van der Waals surface area (Å²) < 4.78 is 21.1. The van der Waals surface area contributed by atoms with Crippen molar-refractivity contribution in [1.29, 1.82) is 0 Å². The van der Waals surface area contributed by atoms with Gasteiger partial charge in [-0.3, -0.25) is 9.20 Å². The molecule has 10 heteroatoms. The summed E-state index contributed by atoms with van der Waals surface area (Å²) in [6.45, 7) is 3.94. The first kappa shape index (κ1) is 22.4. The number of carbonyl (C=O) groups excluding carboxylic acids is 1. The number of fused-ring (bicyclic) bond motifs is 2. The maximum absolute atomic E-state index is 13.6. The summed E-state index contributed by atoms with van der Waals surface area (Å²) in [7, 11) is 0. The number of nitrogens with zero attached hydrogens (tertiary/aromatic N) is 4. The Hall–Kier alpha value is -4.02. The number of pyridine rings is 2. The lowest BCUT2D eigenvalue weighted by molar-refractivity contribution is -0.0364. The molecule has 0 bridgehead atoms. The summed E-state index contributed by atoms with van der Waals surface area (Å²) in [5.41, 5.74) is 5.14. The number of imidazole rings is 1. The monoisotopic (exact) mass is 488 g/mol. The second-order valence-electron chi connectivity index (χ2n) is 9.03. The van der Waals surface area contributed by atoms with E-state index < -0.39 is 6.10 Å². The van der Waals surface area contributed by atoms with E-state index in [1.807, 2.05) is 28.7 Å². The number of hydrogen-bond acceptors (Lipinski definition) is 7. The average Bonchev–Trinajstić information content (AvgIpc) is 3.48. The van der Waals surface area contributed by atoms with Crippen molar-refractivity contribution >= 4 is 28.7 Å². The molecule has 5 heterocycles. The number of aliphatic hydroxyl groups is 1. The zero-order valence-corrected chi connectivity index (χ0v) is 19.6. The van der Waals surface area contributed by atoms with Gasteiger partial charge < -0.3 is 25.4 Å². The fourth-order valence-electron chi connectivity index (χ4n) is 4.87. The van der Waals surface area contributed by atoms with Gasteiger partial charge >= 0.3 is 0 Å². The maximum atomic E-state index is 13.6. The molecule has 3 aromatic heterocycles. The number of benzene rings is 1. The van der Waals surface area contributed by atoms with Crippen LogP contribution in [0.5, 0.6) is 0 Å². The third-order valence-corrected chi connectivity index (χ3v) is 6.72. The highest BCUT2D eigenvalue weighted by atomic mass is 19.1. The SMILES string of the molecule is C[C@H](O)[C@H]1CN(c2ccnc(Nc3ccc(-c4cnc5cc(F)ccn45)c4c3C(=O)NC4)c2)CCO1. The van der Waals surface area contributed by atoms with Gasteiger partial charge in [0.05, 0.1) is 35.9 Å². The van der Waals surface area contributed by atoms with Crippen LogP contribution >= 0.6 is 0 Å². The lowest BCUT2D eigenvalue weighted by Gasteiger charge is -2.35. The van der Waals surface area contributed by atoms with E-state index in [1.54, 1.807) is 25.5 Å². The molecule has 1 fully saturated rings. The van der Waals surface area contributed by atoms with E-state index in [1.165, 1.54) is 12.1 Å². The zero-order chi connectivity index (χ0) is 24.8. The van der Waals surface area contributed by atoms with Crippen LogP contribution in [0.25, 0.3) is 16.9 Å². The van der Waals surface area contributed by atoms with Gasteiger partial charge in [-0.25, -0.2) is 14.4 Å². The quantitative estimate of drug-likeness (QED) is 0.397. The Balaban J connectivity index is 1.33. The largest absolute Gasteiger partial charge is 0.391 e. The summed E-state index contributed by atoms with van der Waals surface area (Å²) >= 11 is 0. The minimum Gasteiger partial charge on any atom is -0.391 e. The minimum absolute atomic E-state index is 0.168. The molecule has 0 unspecified atom stereocenters. The highest BCUT2D eigenvalue weighted by Crippen LogP contribution is 2.35. The summed E-state index contributed by atoms with van der Waals surface area (Å²) in [5, 5.41) is 16.2. The third-order valence-electron chi connectivity index (χ3n) is 6.72. The number of ether oxygens (including phenoxy) is 1. The van der Waals surface area contributed by atoms with Crippen LogP contribution in [0.15, 0.2) is 55.0 Å². The van der Waals surface area contributed by atoms with Gasteiger partial charge in [-0.05, 0) is 30.7 Å². The molecular weight excluding hydrogens is 463 g/mol. The van der Waals surface area contributed by atoms with Crippen molar-refractivity contribution in [2.75, 3.05) is 29.9 Å². The van der Waals surface area contributed by atoms with Crippen LogP contribution in [0.4, 0.5) is 21.6 Å². The number of aliphatic hydroxyl groups excluding tert-OH is 1. The number of rotatable bonds is 5. The molecule has 2 aliphatic rings. The van der Waals surface area contributed by atoms with Gasteiger partial charge in [0.25, 0.3) is 5.91 Å². The van der Waals surface area contributed by atoms with Gasteiger partial charge in [0.1, 0.15) is 23.4 Å². The standard InChI is InChI=1S/C26H25FN6O3/c1-15(34)22-14-32(8-9-36-22)17-4-6-28-23(11-17)31-20-3-2-18(19-12-30-26(35)25(19)20)21-13-29-24-10-16(27)5-7-33(21)24/h2-7,10-11,13,15,22,34H,8-9,12,14H2,1H3,(H,28,31)(H,30,35)/t15-,22+/m0/s1. The number of nitrogens with one attached hydrogen (secondary N) is 2. The van der Waals surface area contributed by atoms with Crippen LogP contribution in [0.1, 0.15) is 22.8 Å². The van der Waals surface area contributed by atoms with Crippen LogP contribution in [0, 0.1) is 5.82 Å². The third kappa shape index (κ3) is 3.94.